The number of amides is 1. The summed E-state index contributed by atoms with van der Waals surface area (Å²) in [5.41, 5.74) is 5.62. The number of hydrogen-bond donors (Lipinski definition) is 2. The molecule has 0 aliphatic carbocycles. The largest absolute Gasteiger partial charge is 0.409 e. The molecule has 1 aliphatic heterocycles. The number of piperidine rings is 1. The number of nitrogens with two attached hydrogens (primary N) is 1. The van der Waals surface area contributed by atoms with Crippen LogP contribution in [0.5, 0.6) is 0 Å². The monoisotopic (exact) mass is 227 g/mol. The second kappa shape index (κ2) is 5.72. The van der Waals surface area contributed by atoms with Crippen LogP contribution in [-0.2, 0) is 4.79 Å². The maximum absolute atomic E-state index is 12.1. The van der Waals surface area contributed by atoms with Crippen molar-refractivity contribution < 1.29 is 10.0 Å². The van der Waals surface area contributed by atoms with Gasteiger partial charge in [-0.15, -0.1) is 0 Å². The maximum Gasteiger partial charge on any atom is 0.226 e. The lowest BCUT2D eigenvalue weighted by atomic mass is 9.98. The molecule has 1 aliphatic rings. The maximum atomic E-state index is 12.1. The van der Waals surface area contributed by atoms with Gasteiger partial charge in [-0.2, -0.15) is 0 Å². The van der Waals surface area contributed by atoms with Crippen molar-refractivity contribution in [2.45, 2.75) is 45.6 Å². The minimum atomic E-state index is -0.222. The molecule has 2 atom stereocenters. The lowest BCUT2D eigenvalue weighted by Gasteiger charge is -2.36. The van der Waals surface area contributed by atoms with Crippen LogP contribution in [0.2, 0.25) is 0 Å². The van der Waals surface area contributed by atoms with Crippen molar-refractivity contribution in [3.05, 3.63) is 0 Å². The number of amidine groups is 1. The Morgan fingerprint density at radius 1 is 1.62 bits per heavy atom. The van der Waals surface area contributed by atoms with Gasteiger partial charge >= 0.3 is 0 Å². The van der Waals surface area contributed by atoms with E-state index in [0.29, 0.717) is 6.54 Å². The van der Waals surface area contributed by atoms with Gasteiger partial charge in [0.1, 0.15) is 0 Å². The Labute approximate surface area is 96.3 Å². The normalized spacial score (nSPS) is 24.2. The molecular weight excluding hydrogens is 206 g/mol. The molecule has 1 fully saturated rings. The van der Waals surface area contributed by atoms with Crippen LogP contribution in [-0.4, -0.2) is 34.4 Å². The average Bonchev–Trinajstić information content (AvgIpc) is 2.35. The Bertz CT molecular complexity index is 278. The lowest BCUT2D eigenvalue weighted by molar-refractivity contribution is -0.137. The SMILES string of the molecule is CCC(C)C(=O)N1CCCCC1C(N)=NO. The molecule has 0 spiro atoms. The van der Waals surface area contributed by atoms with Crippen LogP contribution in [0, 0.1) is 5.92 Å². The van der Waals surface area contributed by atoms with Gasteiger partial charge in [0.15, 0.2) is 5.84 Å². The summed E-state index contributed by atoms with van der Waals surface area (Å²) in [4.78, 5) is 13.9. The van der Waals surface area contributed by atoms with E-state index in [0.717, 1.165) is 25.7 Å². The molecule has 1 rings (SSSR count). The molecule has 0 aromatic carbocycles. The van der Waals surface area contributed by atoms with E-state index in [-0.39, 0.29) is 23.7 Å². The van der Waals surface area contributed by atoms with E-state index in [2.05, 4.69) is 5.16 Å². The summed E-state index contributed by atoms with van der Waals surface area (Å²) in [7, 11) is 0. The van der Waals surface area contributed by atoms with Gasteiger partial charge in [0.05, 0.1) is 6.04 Å². The third kappa shape index (κ3) is 2.65. The van der Waals surface area contributed by atoms with E-state index in [9.17, 15) is 4.79 Å². The summed E-state index contributed by atoms with van der Waals surface area (Å²) in [6.07, 6.45) is 3.62. The number of carbonyl (C=O) groups excluding carboxylic acids is 1. The Morgan fingerprint density at radius 3 is 2.88 bits per heavy atom. The van der Waals surface area contributed by atoms with Gasteiger partial charge in [-0.05, 0) is 25.7 Å². The molecule has 0 saturated carbocycles. The standard InChI is InChI=1S/C11H21N3O2/c1-3-8(2)11(15)14-7-5-4-6-9(14)10(12)13-16/h8-9,16H,3-7H2,1-2H3,(H2,12,13). The summed E-state index contributed by atoms with van der Waals surface area (Å²) < 4.78 is 0. The Kier molecular flexibility index (Phi) is 4.58. The first-order valence-corrected chi connectivity index (χ1v) is 5.89. The van der Waals surface area contributed by atoms with Crippen molar-refractivity contribution in [2.75, 3.05) is 6.54 Å². The molecular formula is C11H21N3O2. The minimum absolute atomic E-state index is 0.00657. The predicted octanol–water partition coefficient (Wildman–Crippen LogP) is 1.16. The van der Waals surface area contributed by atoms with Crippen molar-refractivity contribution in [2.24, 2.45) is 16.8 Å². The third-order valence-corrected chi connectivity index (χ3v) is 3.28. The summed E-state index contributed by atoms with van der Waals surface area (Å²) in [5, 5.41) is 11.7. The van der Waals surface area contributed by atoms with E-state index in [4.69, 9.17) is 10.9 Å². The second-order valence-electron chi connectivity index (χ2n) is 4.38. The molecule has 0 aromatic heterocycles. The fourth-order valence-corrected chi connectivity index (χ4v) is 2.03. The summed E-state index contributed by atoms with van der Waals surface area (Å²) in [6.45, 7) is 4.62. The fourth-order valence-electron chi connectivity index (χ4n) is 2.03. The first kappa shape index (κ1) is 12.8. The quantitative estimate of drug-likeness (QED) is 0.328. The topological polar surface area (TPSA) is 78.9 Å². The lowest BCUT2D eigenvalue weighted by Crippen LogP contribution is -2.52. The van der Waals surface area contributed by atoms with E-state index < -0.39 is 0 Å². The smallest absolute Gasteiger partial charge is 0.226 e. The molecule has 2 unspecified atom stereocenters. The molecule has 0 bridgehead atoms. The highest BCUT2D eigenvalue weighted by molar-refractivity contribution is 5.90. The van der Waals surface area contributed by atoms with Crippen molar-refractivity contribution >= 4 is 11.7 Å². The van der Waals surface area contributed by atoms with E-state index in [1.54, 1.807) is 4.90 Å². The first-order valence-electron chi connectivity index (χ1n) is 5.89. The molecule has 3 N–H and O–H groups in total. The molecule has 0 aromatic rings. The van der Waals surface area contributed by atoms with Crippen LogP contribution < -0.4 is 5.73 Å². The van der Waals surface area contributed by atoms with E-state index >= 15 is 0 Å². The molecule has 5 heteroatoms. The number of carbonyl (C=O) groups is 1. The number of rotatable bonds is 3. The van der Waals surface area contributed by atoms with Crippen LogP contribution in [0.1, 0.15) is 39.5 Å². The van der Waals surface area contributed by atoms with Crippen molar-refractivity contribution in [3.8, 4) is 0 Å². The van der Waals surface area contributed by atoms with Gasteiger partial charge in [-0.25, -0.2) is 0 Å². The number of nitrogens with zero attached hydrogens (tertiary/aromatic N) is 2. The number of likely N-dealkylation sites (tertiary alicyclic amines) is 1. The van der Waals surface area contributed by atoms with Gasteiger partial charge in [-0.1, -0.05) is 19.0 Å². The van der Waals surface area contributed by atoms with Crippen molar-refractivity contribution in [1.82, 2.24) is 4.90 Å². The van der Waals surface area contributed by atoms with Crippen molar-refractivity contribution in [1.29, 1.82) is 0 Å². The molecule has 5 nitrogen and oxygen atoms in total. The Morgan fingerprint density at radius 2 is 2.31 bits per heavy atom. The van der Waals surface area contributed by atoms with Crippen LogP contribution >= 0.6 is 0 Å². The molecule has 92 valence electrons. The second-order valence-corrected chi connectivity index (χ2v) is 4.38. The minimum Gasteiger partial charge on any atom is -0.409 e. The highest BCUT2D eigenvalue weighted by Gasteiger charge is 2.31. The zero-order valence-corrected chi connectivity index (χ0v) is 10.0. The van der Waals surface area contributed by atoms with Crippen LogP contribution in [0.3, 0.4) is 0 Å². The Hall–Kier alpha value is -1.26. The highest BCUT2D eigenvalue weighted by atomic mass is 16.4. The van der Waals surface area contributed by atoms with Gasteiger partial charge in [0, 0.05) is 12.5 Å². The Balaban J connectivity index is 2.78. The zero-order valence-electron chi connectivity index (χ0n) is 10.0. The first-order chi connectivity index (χ1) is 7.61. The number of hydrogen-bond acceptors (Lipinski definition) is 3. The molecule has 0 radical (unpaired) electrons. The molecule has 1 amide bonds. The molecule has 1 saturated heterocycles. The van der Waals surface area contributed by atoms with E-state index in [1.165, 1.54) is 0 Å². The third-order valence-electron chi connectivity index (χ3n) is 3.28. The molecule has 16 heavy (non-hydrogen) atoms. The van der Waals surface area contributed by atoms with Crippen LogP contribution in [0.25, 0.3) is 0 Å². The van der Waals surface area contributed by atoms with Crippen LogP contribution in [0.4, 0.5) is 0 Å². The van der Waals surface area contributed by atoms with E-state index in [1.807, 2.05) is 13.8 Å². The van der Waals surface area contributed by atoms with Gasteiger partial charge < -0.3 is 15.8 Å². The van der Waals surface area contributed by atoms with Crippen LogP contribution in [0.15, 0.2) is 5.16 Å². The highest BCUT2D eigenvalue weighted by Crippen LogP contribution is 2.20. The predicted molar refractivity (Wildman–Crippen MR) is 62.2 cm³/mol. The summed E-state index contributed by atoms with van der Waals surface area (Å²) in [6, 6.07) is -0.222. The summed E-state index contributed by atoms with van der Waals surface area (Å²) >= 11 is 0. The zero-order chi connectivity index (χ0) is 12.1. The summed E-state index contributed by atoms with van der Waals surface area (Å²) in [5.74, 6) is 0.266. The van der Waals surface area contributed by atoms with Gasteiger partial charge in [0.2, 0.25) is 5.91 Å². The van der Waals surface area contributed by atoms with Gasteiger partial charge in [0.25, 0.3) is 0 Å². The fraction of sp³-hybridized carbons (Fsp3) is 0.818. The van der Waals surface area contributed by atoms with Crippen molar-refractivity contribution in [3.63, 3.8) is 0 Å². The van der Waals surface area contributed by atoms with Gasteiger partial charge in [-0.3, -0.25) is 4.79 Å². The number of oxime groups is 1. The molecule has 1 heterocycles. The average molecular weight is 227 g/mol.